The maximum Gasteiger partial charge on any atom is 0.220 e. The number of aromatic nitrogens is 4. The molecule has 0 aliphatic carbocycles. The van der Waals surface area contributed by atoms with Crippen molar-refractivity contribution >= 4 is 5.95 Å². The van der Waals surface area contributed by atoms with Gasteiger partial charge in [0.1, 0.15) is 5.82 Å². The van der Waals surface area contributed by atoms with E-state index in [-0.39, 0.29) is 11.8 Å². The van der Waals surface area contributed by atoms with Crippen LogP contribution >= 0.6 is 0 Å². The van der Waals surface area contributed by atoms with Gasteiger partial charge >= 0.3 is 0 Å². The largest absolute Gasteiger partial charge is 0.368 e. The third-order valence-corrected chi connectivity index (χ3v) is 6.61. The molecule has 1 fully saturated rings. The fourth-order valence-electron chi connectivity index (χ4n) is 4.75. The van der Waals surface area contributed by atoms with Gasteiger partial charge in [0.15, 0.2) is 0 Å². The monoisotopic (exact) mass is 450 g/mol. The van der Waals surface area contributed by atoms with Crippen LogP contribution in [0.2, 0.25) is 0 Å². The fraction of sp³-hybridized carbons (Fsp3) is 0.500. The lowest BCUT2D eigenvalue weighted by molar-refractivity contribution is 0.184. The molecule has 6 nitrogen and oxygen atoms in total. The number of nitrogens with zero attached hydrogens (tertiary/aromatic N) is 5. The number of benzene rings is 1. The highest BCUT2D eigenvalue weighted by Gasteiger charge is 2.25. The first-order valence-electron chi connectivity index (χ1n) is 12.3. The first-order chi connectivity index (χ1) is 16.2. The standard InChI is InChI=1S/C26H35FN6/c1-2-3-4-5-6-7-16-32-17-13-22(14-18-32)33-19-30-24(20-8-10-21(27)11-9-20)25(33)23-12-15-29-26(28)31-23/h8-12,15,19,22H,2-7,13-14,16-18H2,1H3,(H2,28,29,31). The molecule has 0 bridgehead atoms. The molecule has 3 heterocycles. The summed E-state index contributed by atoms with van der Waals surface area (Å²) in [5, 5.41) is 0. The first-order valence-corrected chi connectivity index (χ1v) is 12.3. The smallest absolute Gasteiger partial charge is 0.220 e. The average molecular weight is 451 g/mol. The van der Waals surface area contributed by atoms with Crippen molar-refractivity contribution < 1.29 is 4.39 Å². The molecule has 3 aromatic rings. The Kier molecular flexibility index (Phi) is 8.05. The molecule has 33 heavy (non-hydrogen) atoms. The van der Waals surface area contributed by atoms with Gasteiger partial charge in [0, 0.05) is 30.9 Å². The van der Waals surface area contributed by atoms with Crippen LogP contribution in [0.5, 0.6) is 0 Å². The second-order valence-electron chi connectivity index (χ2n) is 9.00. The van der Waals surface area contributed by atoms with Gasteiger partial charge in [-0.25, -0.2) is 19.3 Å². The molecule has 0 spiro atoms. The van der Waals surface area contributed by atoms with Gasteiger partial charge < -0.3 is 15.2 Å². The zero-order chi connectivity index (χ0) is 23.0. The Hall–Kier alpha value is -2.80. The van der Waals surface area contributed by atoms with Crippen molar-refractivity contribution in [2.75, 3.05) is 25.4 Å². The van der Waals surface area contributed by atoms with E-state index in [2.05, 4.69) is 26.4 Å². The number of unbranched alkanes of at least 4 members (excludes halogenated alkanes) is 5. The molecule has 0 unspecified atom stereocenters. The Morgan fingerprint density at radius 3 is 2.42 bits per heavy atom. The van der Waals surface area contributed by atoms with E-state index in [0.29, 0.717) is 6.04 Å². The van der Waals surface area contributed by atoms with E-state index in [9.17, 15) is 4.39 Å². The highest BCUT2D eigenvalue weighted by Crippen LogP contribution is 2.35. The molecule has 1 aliphatic heterocycles. The number of piperidine rings is 1. The number of likely N-dealkylation sites (tertiary alicyclic amines) is 1. The number of halogens is 1. The Bertz CT molecular complexity index is 1010. The summed E-state index contributed by atoms with van der Waals surface area (Å²) in [5.74, 6) is -0.0252. The molecule has 2 N–H and O–H groups in total. The summed E-state index contributed by atoms with van der Waals surface area (Å²) in [6.07, 6.45) is 13.7. The van der Waals surface area contributed by atoms with Crippen LogP contribution in [0.3, 0.4) is 0 Å². The van der Waals surface area contributed by atoms with Crippen LogP contribution in [0.1, 0.15) is 64.3 Å². The van der Waals surface area contributed by atoms with E-state index in [1.54, 1.807) is 18.3 Å². The Morgan fingerprint density at radius 1 is 0.970 bits per heavy atom. The van der Waals surface area contributed by atoms with Gasteiger partial charge in [-0.3, -0.25) is 0 Å². The van der Waals surface area contributed by atoms with Gasteiger partial charge in [-0.15, -0.1) is 0 Å². The van der Waals surface area contributed by atoms with Gasteiger partial charge in [-0.1, -0.05) is 39.0 Å². The molecule has 1 aromatic carbocycles. The van der Waals surface area contributed by atoms with Crippen LogP contribution < -0.4 is 5.73 Å². The summed E-state index contributed by atoms with van der Waals surface area (Å²) in [4.78, 5) is 15.9. The molecule has 0 saturated carbocycles. The van der Waals surface area contributed by atoms with Crippen molar-refractivity contribution in [2.45, 2.75) is 64.3 Å². The minimum Gasteiger partial charge on any atom is -0.368 e. The summed E-state index contributed by atoms with van der Waals surface area (Å²) in [6.45, 7) is 5.64. The van der Waals surface area contributed by atoms with Crippen molar-refractivity contribution in [3.63, 3.8) is 0 Å². The van der Waals surface area contributed by atoms with Crippen LogP contribution in [-0.2, 0) is 0 Å². The topological polar surface area (TPSA) is 72.9 Å². The Balaban J connectivity index is 1.47. The maximum atomic E-state index is 13.5. The highest BCUT2D eigenvalue weighted by molar-refractivity contribution is 5.77. The van der Waals surface area contributed by atoms with E-state index < -0.39 is 0 Å². The average Bonchev–Trinajstić information content (AvgIpc) is 3.27. The number of imidazole rings is 1. The summed E-state index contributed by atoms with van der Waals surface area (Å²) in [7, 11) is 0. The molecule has 176 valence electrons. The predicted molar refractivity (Wildman–Crippen MR) is 131 cm³/mol. The van der Waals surface area contributed by atoms with Gasteiger partial charge in [0.2, 0.25) is 5.95 Å². The van der Waals surface area contributed by atoms with Crippen molar-refractivity contribution in [1.29, 1.82) is 0 Å². The van der Waals surface area contributed by atoms with Crippen LogP contribution in [0.15, 0.2) is 42.9 Å². The summed E-state index contributed by atoms with van der Waals surface area (Å²) in [5.41, 5.74) is 9.22. The SMILES string of the molecule is CCCCCCCCN1CCC(n2cnc(-c3ccc(F)cc3)c2-c2ccnc(N)n2)CC1. The normalized spacial score (nSPS) is 15.2. The number of nitrogens with two attached hydrogens (primary N) is 1. The Morgan fingerprint density at radius 2 is 1.70 bits per heavy atom. The number of rotatable bonds is 10. The third kappa shape index (κ3) is 5.96. The first kappa shape index (κ1) is 23.4. The zero-order valence-corrected chi connectivity index (χ0v) is 19.6. The molecule has 0 atom stereocenters. The number of anilines is 1. The molecular formula is C26H35FN6. The molecule has 2 aromatic heterocycles. The van der Waals surface area contributed by atoms with E-state index in [1.165, 1.54) is 57.2 Å². The fourth-order valence-corrected chi connectivity index (χ4v) is 4.75. The minimum absolute atomic E-state index is 0.235. The van der Waals surface area contributed by atoms with E-state index >= 15 is 0 Å². The van der Waals surface area contributed by atoms with Crippen molar-refractivity contribution in [2.24, 2.45) is 0 Å². The second-order valence-corrected chi connectivity index (χ2v) is 9.00. The van der Waals surface area contributed by atoms with Gasteiger partial charge in [-0.05, 0) is 56.1 Å². The summed E-state index contributed by atoms with van der Waals surface area (Å²) in [6, 6.07) is 8.67. The summed E-state index contributed by atoms with van der Waals surface area (Å²) < 4.78 is 15.7. The van der Waals surface area contributed by atoms with Crippen LogP contribution in [0.4, 0.5) is 10.3 Å². The summed E-state index contributed by atoms with van der Waals surface area (Å²) >= 11 is 0. The van der Waals surface area contributed by atoms with Gasteiger partial charge in [0.05, 0.1) is 23.4 Å². The molecule has 1 aliphatic rings. The molecule has 4 rings (SSSR count). The quantitative estimate of drug-likeness (QED) is 0.400. The molecular weight excluding hydrogens is 415 g/mol. The van der Waals surface area contributed by atoms with Gasteiger partial charge in [-0.2, -0.15) is 0 Å². The zero-order valence-electron chi connectivity index (χ0n) is 19.6. The lowest BCUT2D eigenvalue weighted by atomic mass is 10.0. The third-order valence-electron chi connectivity index (χ3n) is 6.61. The Labute approximate surface area is 196 Å². The second kappa shape index (κ2) is 11.4. The lowest BCUT2D eigenvalue weighted by Gasteiger charge is -2.33. The number of hydrogen-bond acceptors (Lipinski definition) is 5. The van der Waals surface area contributed by atoms with Crippen LogP contribution in [-0.4, -0.2) is 44.1 Å². The molecule has 7 heteroatoms. The maximum absolute atomic E-state index is 13.5. The van der Waals surface area contributed by atoms with Crippen molar-refractivity contribution in [3.05, 3.63) is 48.7 Å². The molecule has 1 saturated heterocycles. The van der Waals surface area contributed by atoms with Crippen molar-refractivity contribution in [1.82, 2.24) is 24.4 Å². The predicted octanol–water partition coefficient (Wildman–Crippen LogP) is 5.73. The van der Waals surface area contributed by atoms with Crippen LogP contribution in [0.25, 0.3) is 22.6 Å². The lowest BCUT2D eigenvalue weighted by Crippen LogP contribution is -2.35. The van der Waals surface area contributed by atoms with E-state index in [4.69, 9.17) is 10.7 Å². The van der Waals surface area contributed by atoms with Crippen LogP contribution in [0, 0.1) is 5.82 Å². The minimum atomic E-state index is -0.260. The van der Waals surface area contributed by atoms with Crippen molar-refractivity contribution in [3.8, 4) is 22.6 Å². The van der Waals surface area contributed by atoms with Gasteiger partial charge in [0.25, 0.3) is 0 Å². The molecule has 0 radical (unpaired) electrons. The number of hydrogen-bond donors (Lipinski definition) is 1. The molecule has 0 amide bonds. The number of nitrogen functional groups attached to an aromatic ring is 1. The highest BCUT2D eigenvalue weighted by atomic mass is 19.1. The van der Waals surface area contributed by atoms with E-state index in [1.807, 2.05) is 12.4 Å². The van der Waals surface area contributed by atoms with E-state index in [0.717, 1.165) is 48.6 Å².